The molecule has 0 aliphatic carbocycles. The van der Waals surface area contributed by atoms with Gasteiger partial charge in [0.2, 0.25) is 0 Å². The van der Waals surface area contributed by atoms with E-state index in [2.05, 4.69) is 23.2 Å². The summed E-state index contributed by atoms with van der Waals surface area (Å²) in [4.78, 5) is 0. The number of rotatable bonds is 5. The molecule has 1 N–H and O–H groups in total. The summed E-state index contributed by atoms with van der Waals surface area (Å²) in [6.07, 6.45) is 0.903. The maximum Gasteiger partial charge on any atom is 0.119 e. The Bertz CT molecular complexity index is 349. The van der Waals surface area contributed by atoms with Crippen LogP contribution in [0.2, 0.25) is 0 Å². The molecule has 0 unspecified atom stereocenters. The van der Waals surface area contributed by atoms with Crippen LogP contribution in [0, 0.1) is 11.8 Å². The summed E-state index contributed by atoms with van der Waals surface area (Å²) in [6.45, 7) is 3.66. The third-order valence-corrected chi connectivity index (χ3v) is 2.07. The minimum atomic E-state index is 0.864. The maximum atomic E-state index is 5.15. The van der Waals surface area contributed by atoms with E-state index in [1.165, 1.54) is 5.56 Å². The quantitative estimate of drug-likeness (QED) is 0.585. The van der Waals surface area contributed by atoms with Crippen molar-refractivity contribution < 1.29 is 4.74 Å². The van der Waals surface area contributed by atoms with E-state index in [0.29, 0.717) is 0 Å². The second kappa shape index (κ2) is 6.92. The number of ether oxygens (including phenoxy) is 1. The molecule has 0 amide bonds. The van der Waals surface area contributed by atoms with Crippen LogP contribution in [0.5, 0.6) is 5.75 Å². The van der Waals surface area contributed by atoms with Crippen LogP contribution in [0.3, 0.4) is 0 Å². The largest absolute Gasteiger partial charge is 0.497 e. The maximum absolute atomic E-state index is 5.15. The Hall–Kier alpha value is -1.46. The summed E-state index contributed by atoms with van der Waals surface area (Å²) in [6, 6.07) is 8.08. The summed E-state index contributed by atoms with van der Waals surface area (Å²) in [7, 11) is 1.68. The first-order valence-corrected chi connectivity index (χ1v) is 5.10. The van der Waals surface area contributed by atoms with Crippen molar-refractivity contribution >= 4 is 0 Å². The van der Waals surface area contributed by atoms with E-state index in [1.807, 2.05) is 25.1 Å². The zero-order valence-electron chi connectivity index (χ0n) is 9.34. The van der Waals surface area contributed by atoms with Crippen LogP contribution in [-0.2, 0) is 6.54 Å². The Morgan fingerprint density at radius 2 is 2.27 bits per heavy atom. The number of methoxy groups -OCH3 is 1. The van der Waals surface area contributed by atoms with Crippen LogP contribution in [0.1, 0.15) is 18.9 Å². The van der Waals surface area contributed by atoms with Gasteiger partial charge >= 0.3 is 0 Å². The molecular weight excluding hydrogens is 186 g/mol. The van der Waals surface area contributed by atoms with E-state index in [1.54, 1.807) is 7.11 Å². The van der Waals surface area contributed by atoms with Gasteiger partial charge in [0, 0.05) is 19.5 Å². The zero-order chi connectivity index (χ0) is 10.9. The molecule has 0 aliphatic heterocycles. The van der Waals surface area contributed by atoms with Gasteiger partial charge in [0.05, 0.1) is 7.11 Å². The van der Waals surface area contributed by atoms with Crippen LogP contribution >= 0.6 is 0 Å². The lowest BCUT2D eigenvalue weighted by molar-refractivity contribution is 0.414. The molecule has 0 bridgehead atoms. The molecule has 1 rings (SSSR count). The molecule has 2 heteroatoms. The molecule has 0 saturated heterocycles. The Morgan fingerprint density at radius 1 is 1.40 bits per heavy atom. The Balaban J connectivity index is 2.32. The fourth-order valence-corrected chi connectivity index (χ4v) is 1.29. The smallest absolute Gasteiger partial charge is 0.119 e. The summed E-state index contributed by atoms with van der Waals surface area (Å²) >= 11 is 0. The number of benzene rings is 1. The highest BCUT2D eigenvalue weighted by Crippen LogP contribution is 2.11. The SMILES string of the molecule is CC#CCCNCc1cccc(OC)c1. The minimum Gasteiger partial charge on any atom is -0.497 e. The van der Waals surface area contributed by atoms with E-state index in [0.717, 1.165) is 25.3 Å². The summed E-state index contributed by atoms with van der Waals surface area (Å²) in [5, 5.41) is 3.33. The van der Waals surface area contributed by atoms with Gasteiger partial charge in [-0.3, -0.25) is 0 Å². The van der Waals surface area contributed by atoms with Crippen molar-refractivity contribution in [2.24, 2.45) is 0 Å². The molecule has 2 nitrogen and oxygen atoms in total. The first-order valence-electron chi connectivity index (χ1n) is 5.10. The molecule has 0 spiro atoms. The fourth-order valence-electron chi connectivity index (χ4n) is 1.29. The van der Waals surface area contributed by atoms with Crippen molar-refractivity contribution in [3.05, 3.63) is 29.8 Å². The highest BCUT2D eigenvalue weighted by atomic mass is 16.5. The number of nitrogens with one attached hydrogen (secondary N) is 1. The van der Waals surface area contributed by atoms with E-state index in [-0.39, 0.29) is 0 Å². The van der Waals surface area contributed by atoms with E-state index >= 15 is 0 Å². The van der Waals surface area contributed by atoms with Crippen LogP contribution < -0.4 is 10.1 Å². The second-order valence-electron chi connectivity index (χ2n) is 3.21. The van der Waals surface area contributed by atoms with Crippen LogP contribution in [0.15, 0.2) is 24.3 Å². The van der Waals surface area contributed by atoms with Crippen molar-refractivity contribution in [2.75, 3.05) is 13.7 Å². The molecule has 0 aliphatic rings. The Morgan fingerprint density at radius 3 is 3.00 bits per heavy atom. The highest BCUT2D eigenvalue weighted by molar-refractivity contribution is 5.28. The molecule has 0 heterocycles. The third-order valence-electron chi connectivity index (χ3n) is 2.07. The molecule has 15 heavy (non-hydrogen) atoms. The van der Waals surface area contributed by atoms with Gasteiger partial charge in [0.1, 0.15) is 5.75 Å². The fraction of sp³-hybridized carbons (Fsp3) is 0.385. The van der Waals surface area contributed by atoms with Gasteiger partial charge in [-0.2, -0.15) is 0 Å². The molecule has 80 valence electrons. The molecule has 0 aromatic heterocycles. The second-order valence-corrected chi connectivity index (χ2v) is 3.21. The molecule has 0 atom stereocenters. The van der Waals surface area contributed by atoms with Crippen molar-refractivity contribution in [3.63, 3.8) is 0 Å². The summed E-state index contributed by atoms with van der Waals surface area (Å²) in [5.41, 5.74) is 1.24. The predicted octanol–water partition coefficient (Wildman–Crippen LogP) is 2.20. The highest BCUT2D eigenvalue weighted by Gasteiger charge is 1.94. The molecule has 1 aromatic carbocycles. The van der Waals surface area contributed by atoms with Gasteiger partial charge in [-0.05, 0) is 24.6 Å². The van der Waals surface area contributed by atoms with Crippen molar-refractivity contribution in [1.82, 2.24) is 5.32 Å². The van der Waals surface area contributed by atoms with Gasteiger partial charge in [0.25, 0.3) is 0 Å². The topological polar surface area (TPSA) is 21.3 Å². The van der Waals surface area contributed by atoms with Gasteiger partial charge in [-0.15, -0.1) is 11.8 Å². The lowest BCUT2D eigenvalue weighted by Crippen LogP contribution is -2.14. The number of hydrogen-bond acceptors (Lipinski definition) is 2. The Kier molecular flexibility index (Phi) is 5.35. The lowest BCUT2D eigenvalue weighted by atomic mass is 10.2. The van der Waals surface area contributed by atoms with Crippen LogP contribution in [0.25, 0.3) is 0 Å². The minimum absolute atomic E-state index is 0.864. The zero-order valence-corrected chi connectivity index (χ0v) is 9.34. The van der Waals surface area contributed by atoms with Crippen molar-refractivity contribution in [3.8, 4) is 17.6 Å². The summed E-state index contributed by atoms with van der Waals surface area (Å²) < 4.78 is 5.15. The molecular formula is C13H17NO. The van der Waals surface area contributed by atoms with Crippen molar-refractivity contribution in [1.29, 1.82) is 0 Å². The van der Waals surface area contributed by atoms with E-state index in [4.69, 9.17) is 4.74 Å². The number of hydrogen-bond donors (Lipinski definition) is 1. The average molecular weight is 203 g/mol. The first-order chi connectivity index (χ1) is 7.36. The monoisotopic (exact) mass is 203 g/mol. The molecule has 0 saturated carbocycles. The Labute approximate surface area is 91.6 Å². The standard InChI is InChI=1S/C13H17NO/c1-3-4-5-9-14-11-12-7-6-8-13(10-12)15-2/h6-8,10,14H,5,9,11H2,1-2H3. The lowest BCUT2D eigenvalue weighted by Gasteiger charge is -2.05. The van der Waals surface area contributed by atoms with Crippen molar-refractivity contribution in [2.45, 2.75) is 19.9 Å². The van der Waals surface area contributed by atoms with E-state index in [9.17, 15) is 0 Å². The van der Waals surface area contributed by atoms with Gasteiger partial charge in [-0.1, -0.05) is 12.1 Å². The predicted molar refractivity (Wildman–Crippen MR) is 62.8 cm³/mol. The normalized spacial score (nSPS) is 9.20. The third kappa shape index (κ3) is 4.53. The van der Waals surface area contributed by atoms with Crippen LogP contribution in [0.4, 0.5) is 0 Å². The van der Waals surface area contributed by atoms with Crippen LogP contribution in [-0.4, -0.2) is 13.7 Å². The van der Waals surface area contributed by atoms with Gasteiger partial charge in [-0.25, -0.2) is 0 Å². The molecule has 0 radical (unpaired) electrons. The molecule has 1 aromatic rings. The average Bonchev–Trinajstić information content (AvgIpc) is 2.29. The van der Waals surface area contributed by atoms with E-state index < -0.39 is 0 Å². The first kappa shape index (κ1) is 11.6. The molecule has 0 fully saturated rings. The van der Waals surface area contributed by atoms with Gasteiger partial charge in [0.15, 0.2) is 0 Å². The van der Waals surface area contributed by atoms with Gasteiger partial charge < -0.3 is 10.1 Å². The summed E-state index contributed by atoms with van der Waals surface area (Å²) in [5.74, 6) is 6.80.